The van der Waals surface area contributed by atoms with Crippen molar-refractivity contribution in [1.29, 1.82) is 0 Å². The number of hydrogen-bond donors (Lipinski definition) is 0. The Hall–Kier alpha value is -2.41. The van der Waals surface area contributed by atoms with Gasteiger partial charge in [0.25, 0.3) is 5.91 Å². The summed E-state index contributed by atoms with van der Waals surface area (Å²) in [6, 6.07) is 2.95. The number of esters is 1. The number of amides is 1. The fraction of sp³-hybridized carbons (Fsp3) is 0.450. The molecule has 1 amide bonds. The summed E-state index contributed by atoms with van der Waals surface area (Å²) in [7, 11) is 3.05. The van der Waals surface area contributed by atoms with E-state index in [1.165, 1.54) is 18.4 Å². The van der Waals surface area contributed by atoms with Crippen LogP contribution < -0.4 is 0 Å². The molecule has 0 saturated carbocycles. The van der Waals surface area contributed by atoms with Crippen molar-refractivity contribution in [3.63, 3.8) is 0 Å². The standard InChI is InChI=1S/C20H26N2O4S/c1-7-10-22(19(24)15-9-8-11-27-15)14(4)18(23)16-12(2)17(20(25)26-6)21(5)13(16)3/h8-9,11,14H,7,10H2,1-6H3. The second-order valence-corrected chi connectivity index (χ2v) is 7.45. The molecule has 6 nitrogen and oxygen atoms in total. The molecule has 2 aromatic rings. The smallest absolute Gasteiger partial charge is 0.354 e. The van der Waals surface area contributed by atoms with Gasteiger partial charge in [-0.05, 0) is 44.2 Å². The van der Waals surface area contributed by atoms with Gasteiger partial charge in [-0.3, -0.25) is 9.59 Å². The molecule has 0 aliphatic rings. The largest absolute Gasteiger partial charge is 0.464 e. The molecule has 0 bridgehead atoms. The normalized spacial score (nSPS) is 11.9. The fourth-order valence-corrected chi connectivity index (χ4v) is 4.01. The Morgan fingerprint density at radius 3 is 2.48 bits per heavy atom. The fourth-order valence-electron chi connectivity index (χ4n) is 3.33. The summed E-state index contributed by atoms with van der Waals surface area (Å²) in [4.78, 5) is 40.5. The van der Waals surface area contributed by atoms with Gasteiger partial charge in [0.05, 0.1) is 18.0 Å². The molecular weight excluding hydrogens is 364 g/mol. The molecule has 0 aromatic carbocycles. The van der Waals surface area contributed by atoms with Crippen LogP contribution in [-0.4, -0.2) is 46.8 Å². The monoisotopic (exact) mass is 390 g/mol. The average molecular weight is 391 g/mol. The summed E-state index contributed by atoms with van der Waals surface area (Å²) in [5.74, 6) is -0.800. The van der Waals surface area contributed by atoms with Crippen LogP contribution in [0.3, 0.4) is 0 Å². The molecule has 0 aliphatic carbocycles. The number of ketones is 1. The van der Waals surface area contributed by atoms with E-state index in [2.05, 4.69) is 0 Å². The highest BCUT2D eigenvalue weighted by atomic mass is 32.1. The van der Waals surface area contributed by atoms with E-state index in [1.54, 1.807) is 43.4 Å². The zero-order valence-corrected chi connectivity index (χ0v) is 17.5. The van der Waals surface area contributed by atoms with Crippen molar-refractivity contribution < 1.29 is 19.1 Å². The Balaban J connectivity index is 2.43. The number of carbonyl (C=O) groups excluding carboxylic acids is 3. The highest BCUT2D eigenvalue weighted by Crippen LogP contribution is 2.25. The third-order valence-electron chi connectivity index (χ3n) is 4.86. The molecule has 27 heavy (non-hydrogen) atoms. The van der Waals surface area contributed by atoms with Crippen LogP contribution in [0.2, 0.25) is 0 Å². The lowest BCUT2D eigenvalue weighted by Gasteiger charge is -2.28. The van der Waals surface area contributed by atoms with Crippen molar-refractivity contribution in [2.45, 2.75) is 40.2 Å². The van der Waals surface area contributed by atoms with Gasteiger partial charge < -0.3 is 14.2 Å². The lowest BCUT2D eigenvalue weighted by atomic mass is 9.99. The number of hydrogen-bond acceptors (Lipinski definition) is 5. The Morgan fingerprint density at radius 2 is 1.96 bits per heavy atom. The number of rotatable bonds is 7. The van der Waals surface area contributed by atoms with Gasteiger partial charge >= 0.3 is 5.97 Å². The van der Waals surface area contributed by atoms with E-state index in [0.717, 1.165) is 6.42 Å². The number of aromatic nitrogens is 1. The van der Waals surface area contributed by atoms with Crippen LogP contribution in [0.4, 0.5) is 0 Å². The first-order valence-electron chi connectivity index (χ1n) is 8.89. The Kier molecular flexibility index (Phi) is 6.59. The van der Waals surface area contributed by atoms with Crippen LogP contribution in [0.1, 0.15) is 62.0 Å². The maximum absolute atomic E-state index is 13.3. The number of nitrogens with zero attached hydrogens (tertiary/aromatic N) is 2. The highest BCUT2D eigenvalue weighted by molar-refractivity contribution is 7.12. The SMILES string of the molecule is CCCN(C(=O)c1cccs1)C(C)C(=O)c1c(C)c(C(=O)OC)n(C)c1C. The molecule has 2 heterocycles. The van der Waals surface area contributed by atoms with Crippen molar-refractivity contribution in [3.8, 4) is 0 Å². The number of thiophene rings is 1. The number of Topliss-reactive ketones (excluding diaryl/α,β-unsaturated/α-hetero) is 1. The number of carbonyl (C=O) groups is 3. The van der Waals surface area contributed by atoms with E-state index in [0.29, 0.717) is 33.9 Å². The maximum Gasteiger partial charge on any atom is 0.354 e. The first kappa shape index (κ1) is 20.9. The molecule has 0 N–H and O–H groups in total. The van der Waals surface area contributed by atoms with E-state index in [9.17, 15) is 14.4 Å². The van der Waals surface area contributed by atoms with Gasteiger partial charge in [0, 0.05) is 24.8 Å². The van der Waals surface area contributed by atoms with E-state index < -0.39 is 12.0 Å². The summed E-state index contributed by atoms with van der Waals surface area (Å²) in [6.07, 6.45) is 0.745. The molecule has 146 valence electrons. The predicted molar refractivity (Wildman–Crippen MR) is 106 cm³/mol. The van der Waals surface area contributed by atoms with Gasteiger partial charge in [-0.15, -0.1) is 11.3 Å². The first-order chi connectivity index (χ1) is 12.8. The van der Waals surface area contributed by atoms with Gasteiger partial charge in [-0.1, -0.05) is 13.0 Å². The van der Waals surface area contributed by atoms with Crippen molar-refractivity contribution in [2.24, 2.45) is 7.05 Å². The third kappa shape index (κ3) is 3.83. The summed E-state index contributed by atoms with van der Waals surface area (Å²) in [5, 5.41) is 1.85. The van der Waals surface area contributed by atoms with Gasteiger partial charge in [0.1, 0.15) is 5.69 Å². The molecule has 0 fully saturated rings. The average Bonchev–Trinajstić information content (AvgIpc) is 3.25. The second-order valence-electron chi connectivity index (χ2n) is 6.50. The quantitative estimate of drug-likeness (QED) is 0.535. The van der Waals surface area contributed by atoms with Crippen LogP contribution in [0, 0.1) is 13.8 Å². The Bertz CT molecular complexity index is 852. The third-order valence-corrected chi connectivity index (χ3v) is 5.72. The summed E-state index contributed by atoms with van der Waals surface area (Å²) >= 11 is 1.36. The predicted octanol–water partition coefficient (Wildman–Crippen LogP) is 3.61. The summed E-state index contributed by atoms with van der Waals surface area (Å²) in [6.45, 7) is 7.74. The lowest BCUT2D eigenvalue weighted by Crippen LogP contribution is -2.43. The van der Waals surface area contributed by atoms with Crippen LogP contribution >= 0.6 is 11.3 Å². The minimum absolute atomic E-state index is 0.146. The molecule has 7 heteroatoms. The summed E-state index contributed by atoms with van der Waals surface area (Å²) < 4.78 is 6.52. The van der Waals surface area contributed by atoms with E-state index >= 15 is 0 Å². The minimum Gasteiger partial charge on any atom is -0.464 e. The van der Waals surface area contributed by atoms with Crippen LogP contribution in [0.15, 0.2) is 17.5 Å². The molecule has 0 spiro atoms. The summed E-state index contributed by atoms with van der Waals surface area (Å²) in [5.41, 5.74) is 2.10. The molecule has 0 radical (unpaired) electrons. The van der Waals surface area contributed by atoms with Crippen molar-refractivity contribution in [1.82, 2.24) is 9.47 Å². The van der Waals surface area contributed by atoms with Gasteiger partial charge in [-0.2, -0.15) is 0 Å². The lowest BCUT2D eigenvalue weighted by molar-refractivity contribution is 0.0588. The zero-order valence-electron chi connectivity index (χ0n) is 16.7. The Labute approximate surface area is 163 Å². The van der Waals surface area contributed by atoms with E-state index in [1.807, 2.05) is 18.4 Å². The van der Waals surface area contributed by atoms with Gasteiger partial charge in [0.2, 0.25) is 0 Å². The molecule has 2 rings (SSSR count). The number of ether oxygens (including phenoxy) is 1. The van der Waals surface area contributed by atoms with Crippen LogP contribution in [0.25, 0.3) is 0 Å². The highest BCUT2D eigenvalue weighted by Gasteiger charge is 2.32. The molecule has 2 aromatic heterocycles. The minimum atomic E-state index is -0.634. The molecule has 1 unspecified atom stereocenters. The topological polar surface area (TPSA) is 68.6 Å². The van der Waals surface area contributed by atoms with Crippen molar-refractivity contribution in [3.05, 3.63) is 44.9 Å². The Morgan fingerprint density at radius 1 is 1.30 bits per heavy atom. The number of methoxy groups -OCH3 is 1. The molecule has 0 saturated heterocycles. The van der Waals surface area contributed by atoms with Crippen molar-refractivity contribution >= 4 is 29.0 Å². The van der Waals surface area contributed by atoms with E-state index in [4.69, 9.17) is 4.74 Å². The molecular formula is C20H26N2O4S. The van der Waals surface area contributed by atoms with Crippen LogP contribution in [-0.2, 0) is 11.8 Å². The van der Waals surface area contributed by atoms with Gasteiger partial charge in [-0.25, -0.2) is 4.79 Å². The second kappa shape index (κ2) is 8.52. The molecule has 1 atom stereocenters. The zero-order chi connectivity index (χ0) is 20.3. The van der Waals surface area contributed by atoms with Crippen molar-refractivity contribution in [2.75, 3.05) is 13.7 Å². The van der Waals surface area contributed by atoms with E-state index in [-0.39, 0.29) is 11.7 Å². The molecule has 0 aliphatic heterocycles. The van der Waals surface area contributed by atoms with Gasteiger partial charge in [0.15, 0.2) is 5.78 Å². The maximum atomic E-state index is 13.3. The first-order valence-corrected chi connectivity index (χ1v) is 9.77. The van der Waals surface area contributed by atoms with Crippen LogP contribution in [0.5, 0.6) is 0 Å².